The van der Waals surface area contributed by atoms with Gasteiger partial charge in [-0.1, -0.05) is 30.3 Å². The molecule has 1 aromatic carbocycles. The molecule has 0 radical (unpaired) electrons. The quantitative estimate of drug-likeness (QED) is 0.857. The number of carbonyl (C=O) groups excluding carboxylic acids is 1. The molecule has 0 aliphatic heterocycles. The lowest BCUT2D eigenvalue weighted by Crippen LogP contribution is -2.22. The van der Waals surface area contributed by atoms with Gasteiger partial charge in [-0.15, -0.1) is 0 Å². The first-order valence-electron chi connectivity index (χ1n) is 6.51. The lowest BCUT2D eigenvalue weighted by Gasteiger charge is -2.15. The summed E-state index contributed by atoms with van der Waals surface area (Å²) in [5.41, 5.74) is 0.850. The van der Waals surface area contributed by atoms with Crippen LogP contribution in [0.2, 0.25) is 0 Å². The molecular weight excluding hydrogens is 274 g/mol. The van der Waals surface area contributed by atoms with Crippen LogP contribution in [0.15, 0.2) is 30.3 Å². The van der Waals surface area contributed by atoms with E-state index in [0.717, 1.165) is 24.2 Å². The molecule has 5 nitrogen and oxygen atoms in total. The molecule has 20 heavy (non-hydrogen) atoms. The predicted octanol–water partition coefficient (Wildman–Crippen LogP) is 2.74. The summed E-state index contributed by atoms with van der Waals surface area (Å²) in [5.74, 6) is 1.06. The van der Waals surface area contributed by atoms with E-state index in [2.05, 4.69) is 14.7 Å². The Kier molecular flexibility index (Phi) is 3.64. The summed E-state index contributed by atoms with van der Waals surface area (Å²) in [7, 11) is 1.38. The van der Waals surface area contributed by atoms with E-state index in [1.54, 1.807) is 0 Å². The SMILES string of the molecule is COC(=O)C(Nc1nc(C2CC2)ns1)c1ccccc1. The second-order valence-electron chi connectivity index (χ2n) is 4.74. The van der Waals surface area contributed by atoms with Gasteiger partial charge in [0, 0.05) is 17.5 Å². The van der Waals surface area contributed by atoms with Gasteiger partial charge in [0.1, 0.15) is 5.82 Å². The minimum atomic E-state index is -0.554. The fourth-order valence-corrected chi connectivity index (χ4v) is 2.64. The smallest absolute Gasteiger partial charge is 0.333 e. The van der Waals surface area contributed by atoms with Gasteiger partial charge in [0.15, 0.2) is 6.04 Å². The maximum absolute atomic E-state index is 11.9. The van der Waals surface area contributed by atoms with E-state index < -0.39 is 6.04 Å². The molecule has 0 bridgehead atoms. The van der Waals surface area contributed by atoms with E-state index in [0.29, 0.717) is 11.0 Å². The van der Waals surface area contributed by atoms with Crippen LogP contribution in [0.5, 0.6) is 0 Å². The number of nitrogens with one attached hydrogen (secondary N) is 1. The third kappa shape index (κ3) is 2.80. The van der Waals surface area contributed by atoms with Crippen molar-refractivity contribution < 1.29 is 9.53 Å². The number of aromatic nitrogens is 2. The molecule has 0 amide bonds. The van der Waals surface area contributed by atoms with Gasteiger partial charge in [0.2, 0.25) is 5.13 Å². The molecule has 2 aromatic rings. The minimum Gasteiger partial charge on any atom is -0.467 e. The Morgan fingerprint density at radius 1 is 1.40 bits per heavy atom. The third-order valence-electron chi connectivity index (χ3n) is 3.22. The van der Waals surface area contributed by atoms with E-state index in [1.165, 1.54) is 18.6 Å². The zero-order valence-corrected chi connectivity index (χ0v) is 11.9. The summed E-state index contributed by atoms with van der Waals surface area (Å²) in [6.45, 7) is 0. The number of methoxy groups -OCH3 is 1. The normalized spacial score (nSPS) is 15.7. The molecular formula is C14H15N3O2S. The highest BCUT2D eigenvalue weighted by atomic mass is 32.1. The van der Waals surface area contributed by atoms with Crippen LogP contribution in [0.4, 0.5) is 5.13 Å². The molecule has 1 saturated carbocycles. The molecule has 1 aromatic heterocycles. The number of ether oxygens (including phenoxy) is 1. The van der Waals surface area contributed by atoms with Gasteiger partial charge in [-0.25, -0.2) is 9.78 Å². The van der Waals surface area contributed by atoms with Gasteiger partial charge in [-0.3, -0.25) is 0 Å². The van der Waals surface area contributed by atoms with Crippen molar-refractivity contribution in [3.63, 3.8) is 0 Å². The fraction of sp³-hybridized carbons (Fsp3) is 0.357. The van der Waals surface area contributed by atoms with Crippen molar-refractivity contribution in [3.05, 3.63) is 41.7 Å². The van der Waals surface area contributed by atoms with Crippen LogP contribution in [0.25, 0.3) is 0 Å². The van der Waals surface area contributed by atoms with Crippen molar-refractivity contribution in [2.75, 3.05) is 12.4 Å². The summed E-state index contributed by atoms with van der Waals surface area (Å²) in [5, 5.41) is 3.78. The summed E-state index contributed by atoms with van der Waals surface area (Å²) >= 11 is 1.29. The maximum Gasteiger partial charge on any atom is 0.333 e. The predicted molar refractivity (Wildman–Crippen MR) is 76.7 cm³/mol. The summed E-state index contributed by atoms with van der Waals surface area (Å²) in [6.07, 6.45) is 2.32. The van der Waals surface area contributed by atoms with Gasteiger partial charge in [-0.2, -0.15) is 4.37 Å². The number of nitrogens with zero attached hydrogens (tertiary/aromatic N) is 2. The third-order valence-corrected chi connectivity index (χ3v) is 3.88. The highest BCUT2D eigenvalue weighted by Crippen LogP contribution is 2.39. The first-order chi connectivity index (χ1) is 9.78. The Bertz CT molecular complexity index is 595. The molecule has 1 heterocycles. The molecule has 104 valence electrons. The van der Waals surface area contributed by atoms with Crippen molar-refractivity contribution in [3.8, 4) is 0 Å². The average Bonchev–Trinajstić information content (AvgIpc) is 3.24. The number of hydrogen-bond donors (Lipinski definition) is 1. The molecule has 0 saturated heterocycles. The molecule has 1 aliphatic rings. The van der Waals surface area contributed by atoms with Crippen molar-refractivity contribution in [1.82, 2.24) is 9.36 Å². The Morgan fingerprint density at radius 2 is 2.15 bits per heavy atom. The number of carbonyl (C=O) groups is 1. The average molecular weight is 289 g/mol. The second-order valence-corrected chi connectivity index (χ2v) is 5.50. The summed E-state index contributed by atoms with van der Waals surface area (Å²) < 4.78 is 9.19. The van der Waals surface area contributed by atoms with Crippen LogP contribution in [0.3, 0.4) is 0 Å². The minimum absolute atomic E-state index is 0.334. The topological polar surface area (TPSA) is 64.1 Å². The van der Waals surface area contributed by atoms with E-state index >= 15 is 0 Å². The van der Waals surface area contributed by atoms with Crippen molar-refractivity contribution in [1.29, 1.82) is 0 Å². The number of anilines is 1. The highest BCUT2D eigenvalue weighted by molar-refractivity contribution is 7.09. The van der Waals surface area contributed by atoms with Gasteiger partial charge < -0.3 is 10.1 Å². The number of hydrogen-bond acceptors (Lipinski definition) is 6. The Hall–Kier alpha value is -1.95. The van der Waals surface area contributed by atoms with Crippen molar-refractivity contribution in [2.45, 2.75) is 24.8 Å². The number of rotatable bonds is 5. The lowest BCUT2D eigenvalue weighted by molar-refractivity contribution is -0.141. The zero-order chi connectivity index (χ0) is 13.9. The highest BCUT2D eigenvalue weighted by Gasteiger charge is 2.29. The first-order valence-corrected chi connectivity index (χ1v) is 7.28. The fourth-order valence-electron chi connectivity index (χ4n) is 1.97. The first kappa shape index (κ1) is 13.1. The van der Waals surface area contributed by atoms with Crippen LogP contribution in [0.1, 0.15) is 36.2 Å². The molecule has 1 atom stereocenters. The lowest BCUT2D eigenvalue weighted by atomic mass is 10.1. The summed E-state index contributed by atoms with van der Waals surface area (Å²) in [4.78, 5) is 16.4. The second kappa shape index (κ2) is 5.58. The van der Waals surface area contributed by atoms with Gasteiger partial charge in [0.05, 0.1) is 7.11 Å². The van der Waals surface area contributed by atoms with Crippen LogP contribution in [-0.4, -0.2) is 22.4 Å². The Labute approximate surface area is 121 Å². The Balaban J connectivity index is 1.80. The van der Waals surface area contributed by atoms with Gasteiger partial charge in [-0.05, 0) is 18.4 Å². The summed E-state index contributed by atoms with van der Waals surface area (Å²) in [6, 6.07) is 8.91. The monoisotopic (exact) mass is 289 g/mol. The number of benzene rings is 1. The standard InChI is InChI=1S/C14H15N3O2S/c1-19-13(18)11(9-5-3-2-4-6-9)15-14-16-12(17-20-14)10-7-8-10/h2-6,10-11H,7-8H2,1H3,(H,15,16,17). The molecule has 1 N–H and O–H groups in total. The van der Waals surface area contributed by atoms with E-state index in [4.69, 9.17) is 4.74 Å². The molecule has 1 fully saturated rings. The van der Waals surface area contributed by atoms with Crippen LogP contribution in [-0.2, 0) is 9.53 Å². The number of esters is 1. The van der Waals surface area contributed by atoms with Crippen molar-refractivity contribution >= 4 is 22.6 Å². The van der Waals surface area contributed by atoms with E-state index in [1.807, 2.05) is 30.3 Å². The van der Waals surface area contributed by atoms with Gasteiger partial charge in [0.25, 0.3) is 0 Å². The molecule has 1 unspecified atom stereocenters. The largest absolute Gasteiger partial charge is 0.467 e. The molecule has 6 heteroatoms. The van der Waals surface area contributed by atoms with Crippen molar-refractivity contribution in [2.24, 2.45) is 0 Å². The Morgan fingerprint density at radius 3 is 2.80 bits per heavy atom. The molecule has 0 spiro atoms. The van der Waals surface area contributed by atoms with E-state index in [9.17, 15) is 4.79 Å². The molecule has 3 rings (SSSR count). The van der Waals surface area contributed by atoms with Crippen LogP contribution >= 0.6 is 11.5 Å². The zero-order valence-electron chi connectivity index (χ0n) is 11.1. The van der Waals surface area contributed by atoms with Crippen LogP contribution < -0.4 is 5.32 Å². The van der Waals surface area contributed by atoms with E-state index in [-0.39, 0.29) is 5.97 Å². The molecule has 1 aliphatic carbocycles. The maximum atomic E-state index is 11.9. The van der Waals surface area contributed by atoms with Gasteiger partial charge >= 0.3 is 5.97 Å². The van der Waals surface area contributed by atoms with Crippen LogP contribution in [0, 0.1) is 0 Å².